The Morgan fingerprint density at radius 1 is 0.812 bits per heavy atom. The predicted octanol–water partition coefficient (Wildman–Crippen LogP) is 3.32. The van der Waals surface area contributed by atoms with Gasteiger partial charge in [-0.2, -0.15) is 34.6 Å². The molecular weight excluding hydrogens is 334 g/mol. The Kier molecular flexibility index (Phi) is 6.28. The van der Waals surface area contributed by atoms with E-state index in [1.165, 1.54) is 10.4 Å². The molecule has 0 nitrogen and oxygen atoms in total. The first-order valence-electron chi connectivity index (χ1n) is 5.03. The number of hydrogen-bond acceptors (Lipinski definition) is 0. The van der Waals surface area contributed by atoms with Gasteiger partial charge in [0.2, 0.25) is 0 Å². The predicted molar refractivity (Wildman–Crippen MR) is 72.5 cm³/mol. The molecule has 16 heavy (non-hydrogen) atoms. The van der Waals surface area contributed by atoms with Crippen LogP contribution in [0, 0.1) is 0 Å². The van der Waals surface area contributed by atoms with E-state index in [2.05, 4.69) is 61.6 Å². The van der Waals surface area contributed by atoms with Gasteiger partial charge in [0.1, 0.15) is 0 Å². The Morgan fingerprint density at radius 3 is 1.31 bits per heavy atom. The molecule has 0 atom stereocenters. The second-order valence-corrected chi connectivity index (χ2v) is 12.2. The molecule has 0 spiro atoms. The zero-order valence-electron chi connectivity index (χ0n) is 9.37. The number of hydrogen-bond donors (Lipinski definition) is 0. The minimum atomic E-state index is -1.35. The summed E-state index contributed by atoms with van der Waals surface area (Å²) in [6.07, 6.45) is 0. The second kappa shape index (κ2) is 6.96. The summed E-state index contributed by atoms with van der Waals surface area (Å²) in [7, 11) is 8.52. The fourth-order valence-electron chi connectivity index (χ4n) is 1.75. The van der Waals surface area contributed by atoms with Gasteiger partial charge in [0.05, 0.1) is 0 Å². The van der Waals surface area contributed by atoms with Crippen LogP contribution in [0.25, 0.3) is 0 Å². The van der Waals surface area contributed by atoms with Crippen molar-refractivity contribution in [2.45, 2.75) is 13.1 Å². The summed E-state index contributed by atoms with van der Waals surface area (Å²) in [6.45, 7) is 4.80. The zero-order valence-corrected chi connectivity index (χ0v) is 14.3. The summed E-state index contributed by atoms with van der Waals surface area (Å²) < 4.78 is 0. The molecule has 4 heteroatoms. The van der Waals surface area contributed by atoms with Crippen molar-refractivity contribution in [3.63, 3.8) is 0 Å². The van der Waals surface area contributed by atoms with Gasteiger partial charge in [-0.15, -0.1) is 0 Å². The van der Waals surface area contributed by atoms with E-state index in [1.54, 1.807) is 0 Å². The molecule has 0 saturated heterocycles. The number of rotatable bonds is 2. The molecule has 0 aliphatic carbocycles. The van der Waals surface area contributed by atoms with Crippen LogP contribution in [0.1, 0.15) is 0 Å². The van der Waals surface area contributed by atoms with Gasteiger partial charge < -0.3 is 0 Å². The van der Waals surface area contributed by atoms with Gasteiger partial charge in [-0.1, -0.05) is 13.1 Å². The molecule has 2 aromatic carbocycles. The van der Waals surface area contributed by atoms with Crippen LogP contribution >= 0.6 is 17.0 Å². The molecule has 0 heterocycles. The van der Waals surface area contributed by atoms with Crippen LogP contribution in [0.2, 0.25) is 13.1 Å². The van der Waals surface area contributed by atoms with Crippen molar-refractivity contribution in [3.05, 3.63) is 48.5 Å². The summed E-state index contributed by atoms with van der Waals surface area (Å²) in [6, 6.07) is 17.5. The first-order chi connectivity index (χ1) is 7.62. The van der Waals surface area contributed by atoms with E-state index in [9.17, 15) is 0 Å². The standard InChI is InChI=1S/C12H14Si.2ClH.Zr/c1-13(2,11-7-3-4-8-11)12-9-5-6-10-12;;;/h3-10H,1-2H3;2*1H;/q-2;;;+4/p-2. The molecule has 0 fully saturated rings. The molecule has 0 saturated carbocycles. The van der Waals surface area contributed by atoms with Crippen LogP contribution in [-0.4, -0.2) is 8.07 Å². The molecule has 0 aliphatic rings. The Bertz CT molecular complexity index is 343. The van der Waals surface area contributed by atoms with Crippen LogP contribution in [0.4, 0.5) is 0 Å². The molecule has 0 N–H and O–H groups in total. The van der Waals surface area contributed by atoms with Gasteiger partial charge in [-0.05, 0) is 8.07 Å². The molecule has 0 aliphatic heterocycles. The first-order valence-corrected chi connectivity index (χ1v) is 14.4. The summed E-state index contributed by atoms with van der Waals surface area (Å²) in [5.41, 5.74) is 0. The topological polar surface area (TPSA) is 0 Å². The summed E-state index contributed by atoms with van der Waals surface area (Å²) in [5.74, 6) is 0. The van der Waals surface area contributed by atoms with Crippen LogP contribution in [0.5, 0.6) is 0 Å². The summed E-state index contributed by atoms with van der Waals surface area (Å²) in [4.78, 5) is 0. The van der Waals surface area contributed by atoms with Crippen molar-refractivity contribution < 1.29 is 20.8 Å². The maximum atomic E-state index is 4.93. The van der Waals surface area contributed by atoms with E-state index in [0.717, 1.165) is 0 Å². The molecule has 0 bridgehead atoms. The van der Waals surface area contributed by atoms with Crippen molar-refractivity contribution >= 4 is 35.5 Å². The third-order valence-electron chi connectivity index (χ3n) is 2.77. The van der Waals surface area contributed by atoms with E-state index >= 15 is 0 Å². The van der Waals surface area contributed by atoms with Crippen LogP contribution < -0.4 is 10.4 Å². The SMILES string of the molecule is C[Si](C)([c-]1cccc1)[c-]1cccc1.[Cl][Zr+2][Cl]. The normalized spacial score (nSPS) is 10.2. The van der Waals surface area contributed by atoms with E-state index in [1.807, 2.05) is 0 Å². The Labute approximate surface area is 117 Å². The van der Waals surface area contributed by atoms with E-state index < -0.39 is 28.9 Å². The van der Waals surface area contributed by atoms with Gasteiger partial charge in [-0.3, -0.25) is 0 Å². The molecule has 0 radical (unpaired) electrons. The average Bonchev–Trinajstić information content (AvgIpc) is 2.93. The number of halogens is 2. The molecule has 0 amide bonds. The molecule has 0 unspecified atom stereocenters. The maximum absolute atomic E-state index is 4.93. The van der Waals surface area contributed by atoms with Gasteiger partial charge in [-0.25, -0.2) is 24.3 Å². The Morgan fingerprint density at radius 2 is 1.06 bits per heavy atom. The van der Waals surface area contributed by atoms with Crippen molar-refractivity contribution in [1.29, 1.82) is 0 Å². The Hall–Kier alpha value is 0.380. The molecule has 0 aromatic heterocycles. The van der Waals surface area contributed by atoms with Crippen LogP contribution in [0.3, 0.4) is 0 Å². The van der Waals surface area contributed by atoms with Crippen molar-refractivity contribution in [3.8, 4) is 0 Å². The van der Waals surface area contributed by atoms with E-state index in [0.29, 0.717) is 0 Å². The van der Waals surface area contributed by atoms with Crippen molar-refractivity contribution in [1.82, 2.24) is 0 Å². The fourth-order valence-corrected chi connectivity index (χ4v) is 4.13. The van der Waals surface area contributed by atoms with Crippen LogP contribution in [0.15, 0.2) is 48.5 Å². The summed E-state index contributed by atoms with van der Waals surface area (Å²) in [5, 5.41) is 3.05. The van der Waals surface area contributed by atoms with Gasteiger partial charge in [0.15, 0.2) is 0 Å². The van der Waals surface area contributed by atoms with E-state index in [4.69, 9.17) is 17.0 Å². The third-order valence-corrected chi connectivity index (χ3v) is 6.32. The first kappa shape index (κ1) is 14.4. The molecule has 84 valence electrons. The van der Waals surface area contributed by atoms with E-state index in [-0.39, 0.29) is 0 Å². The molecule has 2 rings (SSSR count). The summed E-state index contributed by atoms with van der Waals surface area (Å²) >= 11 is -0.826. The second-order valence-electron chi connectivity index (χ2n) is 4.04. The van der Waals surface area contributed by atoms with Gasteiger partial charge in [0.25, 0.3) is 0 Å². The molecule has 2 aromatic rings. The van der Waals surface area contributed by atoms with Crippen molar-refractivity contribution in [2.24, 2.45) is 0 Å². The average molecular weight is 348 g/mol. The van der Waals surface area contributed by atoms with Crippen molar-refractivity contribution in [2.75, 3.05) is 0 Å². The van der Waals surface area contributed by atoms with Gasteiger partial charge >= 0.3 is 37.9 Å². The minimum absolute atomic E-state index is 0.826. The zero-order chi connectivity index (χ0) is 12.0. The van der Waals surface area contributed by atoms with Gasteiger partial charge in [0, 0.05) is 0 Å². The monoisotopic (exact) mass is 346 g/mol. The molecular formula is C12H14Cl2SiZr. The quantitative estimate of drug-likeness (QED) is 0.577. The Balaban J connectivity index is 0.000000386. The van der Waals surface area contributed by atoms with Crippen LogP contribution in [-0.2, 0) is 20.8 Å². The fraction of sp³-hybridized carbons (Fsp3) is 0.167. The third kappa shape index (κ3) is 3.70.